The monoisotopic (exact) mass is 310 g/mol. The lowest BCUT2D eigenvalue weighted by Gasteiger charge is -2.03. The second-order valence-electron chi connectivity index (χ2n) is 4.59. The molecule has 0 aromatic heterocycles. The van der Waals surface area contributed by atoms with Gasteiger partial charge in [0.25, 0.3) is 11.8 Å². The molecule has 2 N–H and O–H groups in total. The van der Waals surface area contributed by atoms with Gasteiger partial charge in [0.05, 0.1) is 17.7 Å². The summed E-state index contributed by atoms with van der Waals surface area (Å²) in [4.78, 5) is 23.5. The van der Waals surface area contributed by atoms with Gasteiger partial charge in [-0.25, -0.2) is 4.39 Å². The van der Waals surface area contributed by atoms with Crippen LogP contribution in [0.4, 0.5) is 4.39 Å². The Balaban J connectivity index is 2.03. The highest BCUT2D eigenvalue weighted by atomic mass is 19.1. The minimum atomic E-state index is -0.581. The van der Waals surface area contributed by atoms with Crippen LogP contribution in [0.15, 0.2) is 48.5 Å². The molecule has 2 amide bonds. The van der Waals surface area contributed by atoms with Gasteiger partial charge in [-0.1, -0.05) is 36.1 Å². The molecule has 0 radical (unpaired) electrons. The Morgan fingerprint density at radius 3 is 2.35 bits per heavy atom. The zero-order valence-corrected chi connectivity index (χ0v) is 12.5. The Labute approximate surface area is 133 Å². The minimum absolute atomic E-state index is 0.0277. The van der Waals surface area contributed by atoms with Crippen molar-refractivity contribution in [1.29, 1.82) is 0 Å². The Hall–Kier alpha value is -3.13. The van der Waals surface area contributed by atoms with E-state index in [2.05, 4.69) is 22.5 Å². The first-order valence-electron chi connectivity index (χ1n) is 6.96. The molecule has 0 bridgehead atoms. The molecule has 116 valence electrons. The third-order valence-electron chi connectivity index (χ3n) is 3.08. The summed E-state index contributed by atoms with van der Waals surface area (Å²) < 4.78 is 13.5. The van der Waals surface area contributed by atoms with E-state index in [1.165, 1.54) is 18.2 Å². The van der Waals surface area contributed by atoms with Gasteiger partial charge in [0, 0.05) is 12.6 Å². The molecular weight excluding hydrogens is 295 g/mol. The minimum Gasteiger partial charge on any atom is -0.355 e. The second-order valence-corrected chi connectivity index (χ2v) is 4.59. The van der Waals surface area contributed by atoms with E-state index in [9.17, 15) is 14.0 Å². The van der Waals surface area contributed by atoms with Crippen LogP contribution in [0.1, 0.15) is 26.3 Å². The zero-order chi connectivity index (χ0) is 16.7. The van der Waals surface area contributed by atoms with Crippen LogP contribution in [0.5, 0.6) is 0 Å². The van der Waals surface area contributed by atoms with Gasteiger partial charge < -0.3 is 10.6 Å². The summed E-state index contributed by atoms with van der Waals surface area (Å²) in [5, 5.41) is 5.06. The van der Waals surface area contributed by atoms with Gasteiger partial charge >= 0.3 is 0 Å². The average Bonchev–Trinajstić information content (AvgIpc) is 2.58. The molecule has 5 heteroatoms. The normalized spacial score (nSPS) is 9.48. The van der Waals surface area contributed by atoms with E-state index in [1.54, 1.807) is 37.4 Å². The Morgan fingerprint density at radius 1 is 1.00 bits per heavy atom. The predicted octanol–water partition coefficient (Wildman–Crippen LogP) is 1.97. The molecule has 0 atom stereocenters. The molecule has 0 aliphatic heterocycles. The van der Waals surface area contributed by atoms with Gasteiger partial charge in [-0.05, 0) is 24.3 Å². The third-order valence-corrected chi connectivity index (χ3v) is 3.08. The van der Waals surface area contributed by atoms with E-state index in [0.29, 0.717) is 11.1 Å². The lowest BCUT2D eigenvalue weighted by molar-refractivity contribution is 0.0949. The van der Waals surface area contributed by atoms with E-state index >= 15 is 0 Å². The predicted molar refractivity (Wildman–Crippen MR) is 85.4 cm³/mol. The van der Waals surface area contributed by atoms with Crippen molar-refractivity contribution in [3.63, 3.8) is 0 Å². The summed E-state index contributed by atoms with van der Waals surface area (Å²) in [5.74, 6) is 4.24. The number of halogens is 1. The summed E-state index contributed by atoms with van der Waals surface area (Å²) in [6, 6.07) is 12.6. The molecule has 0 spiro atoms. The first-order valence-corrected chi connectivity index (χ1v) is 6.96. The number of carbonyl (C=O) groups excluding carboxylic acids is 2. The Bertz CT molecular complexity index is 791. The van der Waals surface area contributed by atoms with Gasteiger partial charge in [0.1, 0.15) is 5.82 Å². The molecule has 0 fully saturated rings. The Morgan fingerprint density at radius 2 is 1.65 bits per heavy atom. The molecule has 4 nitrogen and oxygen atoms in total. The van der Waals surface area contributed by atoms with Crippen molar-refractivity contribution in [2.24, 2.45) is 0 Å². The zero-order valence-electron chi connectivity index (χ0n) is 12.5. The topological polar surface area (TPSA) is 58.2 Å². The SMILES string of the molecule is CNC(=O)c1ccccc1C#CCNC(=O)c1ccccc1F. The third kappa shape index (κ3) is 4.17. The molecule has 0 aliphatic carbocycles. The lowest BCUT2D eigenvalue weighted by atomic mass is 10.1. The molecule has 2 aromatic carbocycles. The van der Waals surface area contributed by atoms with Crippen LogP contribution in [-0.2, 0) is 0 Å². The van der Waals surface area contributed by atoms with Crippen LogP contribution in [0.2, 0.25) is 0 Å². The molecule has 0 saturated heterocycles. The lowest BCUT2D eigenvalue weighted by Crippen LogP contribution is -2.24. The summed E-state index contributed by atoms with van der Waals surface area (Å²) >= 11 is 0. The molecule has 0 heterocycles. The molecular formula is C18H15FN2O2. The van der Waals surface area contributed by atoms with Crippen molar-refractivity contribution in [1.82, 2.24) is 10.6 Å². The number of rotatable bonds is 3. The molecule has 2 aromatic rings. The van der Waals surface area contributed by atoms with Crippen molar-refractivity contribution in [2.75, 3.05) is 13.6 Å². The van der Waals surface area contributed by atoms with E-state index in [0.717, 1.165) is 0 Å². The van der Waals surface area contributed by atoms with Gasteiger partial charge in [-0.3, -0.25) is 9.59 Å². The van der Waals surface area contributed by atoms with Crippen LogP contribution in [0.25, 0.3) is 0 Å². The maximum Gasteiger partial charge on any atom is 0.255 e. The molecule has 23 heavy (non-hydrogen) atoms. The van der Waals surface area contributed by atoms with Crippen molar-refractivity contribution in [2.45, 2.75) is 0 Å². The largest absolute Gasteiger partial charge is 0.355 e. The van der Waals surface area contributed by atoms with E-state index in [1.807, 2.05) is 0 Å². The fourth-order valence-corrected chi connectivity index (χ4v) is 1.93. The van der Waals surface area contributed by atoms with Crippen LogP contribution < -0.4 is 10.6 Å². The van der Waals surface area contributed by atoms with E-state index in [-0.39, 0.29) is 18.0 Å². The molecule has 0 unspecified atom stereocenters. The fourth-order valence-electron chi connectivity index (χ4n) is 1.93. The smallest absolute Gasteiger partial charge is 0.255 e. The molecule has 0 aliphatic rings. The maximum absolute atomic E-state index is 13.5. The number of benzene rings is 2. The van der Waals surface area contributed by atoms with Crippen LogP contribution >= 0.6 is 0 Å². The summed E-state index contributed by atoms with van der Waals surface area (Å²) in [7, 11) is 1.54. The van der Waals surface area contributed by atoms with Crippen molar-refractivity contribution < 1.29 is 14.0 Å². The average molecular weight is 310 g/mol. The number of carbonyl (C=O) groups is 2. The first-order chi connectivity index (χ1) is 11.1. The van der Waals surface area contributed by atoms with Gasteiger partial charge in [-0.2, -0.15) is 0 Å². The van der Waals surface area contributed by atoms with E-state index < -0.39 is 11.7 Å². The first kappa shape index (κ1) is 16.2. The van der Waals surface area contributed by atoms with Crippen LogP contribution in [0.3, 0.4) is 0 Å². The van der Waals surface area contributed by atoms with Crippen molar-refractivity contribution >= 4 is 11.8 Å². The highest BCUT2D eigenvalue weighted by Gasteiger charge is 2.09. The number of hydrogen-bond acceptors (Lipinski definition) is 2. The van der Waals surface area contributed by atoms with Gasteiger partial charge in [0.15, 0.2) is 0 Å². The number of nitrogens with one attached hydrogen (secondary N) is 2. The van der Waals surface area contributed by atoms with Crippen molar-refractivity contribution in [3.05, 3.63) is 71.0 Å². The second kappa shape index (κ2) is 7.76. The highest BCUT2D eigenvalue weighted by molar-refractivity contribution is 5.96. The highest BCUT2D eigenvalue weighted by Crippen LogP contribution is 2.07. The summed E-state index contributed by atoms with van der Waals surface area (Å²) in [6.07, 6.45) is 0. The van der Waals surface area contributed by atoms with Gasteiger partial charge in [-0.15, -0.1) is 0 Å². The van der Waals surface area contributed by atoms with Gasteiger partial charge in [0.2, 0.25) is 0 Å². The summed E-state index contributed by atoms with van der Waals surface area (Å²) in [5.41, 5.74) is 0.995. The molecule has 0 saturated carbocycles. The van der Waals surface area contributed by atoms with Crippen LogP contribution in [0, 0.1) is 17.7 Å². The maximum atomic E-state index is 13.5. The molecule has 2 rings (SSSR count). The number of hydrogen-bond donors (Lipinski definition) is 2. The van der Waals surface area contributed by atoms with Crippen molar-refractivity contribution in [3.8, 4) is 11.8 Å². The van der Waals surface area contributed by atoms with E-state index in [4.69, 9.17) is 0 Å². The number of amides is 2. The fraction of sp³-hybridized carbons (Fsp3) is 0.111. The quantitative estimate of drug-likeness (QED) is 0.852. The Kier molecular flexibility index (Phi) is 5.48. The summed E-state index contributed by atoms with van der Waals surface area (Å²) in [6.45, 7) is 0.0508. The standard InChI is InChI=1S/C18H15FN2O2/c1-20-17(22)14-9-3-2-7-13(14)8-6-12-21-18(23)15-10-4-5-11-16(15)19/h2-5,7,9-11H,12H2,1H3,(H,20,22)(H,21,23). The van der Waals surface area contributed by atoms with Crippen LogP contribution in [-0.4, -0.2) is 25.4 Å².